The van der Waals surface area contributed by atoms with Crippen LogP contribution in [0.1, 0.15) is 34.9 Å². The quantitative estimate of drug-likeness (QED) is 0.753. The van der Waals surface area contributed by atoms with E-state index in [1.165, 1.54) is 0 Å². The number of benzene rings is 1. The minimum absolute atomic E-state index is 0.0477. The van der Waals surface area contributed by atoms with Crippen molar-refractivity contribution in [3.8, 4) is 16.9 Å². The summed E-state index contributed by atoms with van der Waals surface area (Å²) >= 11 is 0. The number of pyridine rings is 1. The van der Waals surface area contributed by atoms with Crippen LogP contribution in [-0.2, 0) is 0 Å². The van der Waals surface area contributed by atoms with Crippen molar-refractivity contribution in [2.75, 3.05) is 19.4 Å². The van der Waals surface area contributed by atoms with Gasteiger partial charge in [0, 0.05) is 30.7 Å². The minimum atomic E-state index is -0.157. The molecule has 7 heteroatoms. The molecule has 142 valence electrons. The lowest BCUT2D eigenvalue weighted by Gasteiger charge is -2.26. The van der Waals surface area contributed by atoms with E-state index in [-0.39, 0.29) is 17.9 Å². The van der Waals surface area contributed by atoms with Gasteiger partial charge in [-0.05, 0) is 42.7 Å². The van der Waals surface area contributed by atoms with Crippen LogP contribution in [0.4, 0.5) is 5.95 Å². The Kier molecular flexibility index (Phi) is 4.89. The van der Waals surface area contributed by atoms with Crippen molar-refractivity contribution in [3.63, 3.8) is 0 Å². The van der Waals surface area contributed by atoms with E-state index in [0.717, 1.165) is 35.4 Å². The van der Waals surface area contributed by atoms with Gasteiger partial charge < -0.3 is 15.4 Å². The van der Waals surface area contributed by atoms with Crippen LogP contribution >= 0.6 is 0 Å². The second kappa shape index (κ2) is 7.64. The van der Waals surface area contributed by atoms with Gasteiger partial charge in [0.1, 0.15) is 5.75 Å². The molecule has 1 aliphatic rings. The van der Waals surface area contributed by atoms with Crippen molar-refractivity contribution in [1.29, 1.82) is 0 Å². The number of methoxy groups -OCH3 is 1. The number of rotatable bonds is 4. The molecular formula is C21H21N5O2. The van der Waals surface area contributed by atoms with Gasteiger partial charge in [-0.2, -0.15) is 0 Å². The number of ether oxygens (including phenoxy) is 1. The van der Waals surface area contributed by atoms with E-state index in [1.54, 1.807) is 37.8 Å². The number of anilines is 1. The molecule has 1 amide bonds. The Labute approximate surface area is 163 Å². The second-order valence-electron chi connectivity index (χ2n) is 6.65. The van der Waals surface area contributed by atoms with Crippen LogP contribution in [-0.4, -0.2) is 39.4 Å². The fourth-order valence-corrected chi connectivity index (χ4v) is 3.61. The number of likely N-dealkylation sites (tertiary alicyclic amines) is 1. The highest BCUT2D eigenvalue weighted by molar-refractivity contribution is 5.94. The zero-order chi connectivity index (χ0) is 19.5. The van der Waals surface area contributed by atoms with E-state index in [0.29, 0.717) is 12.1 Å². The Hall–Kier alpha value is -3.48. The first kappa shape index (κ1) is 17.9. The van der Waals surface area contributed by atoms with Crippen LogP contribution in [0.5, 0.6) is 5.75 Å². The summed E-state index contributed by atoms with van der Waals surface area (Å²) in [5.74, 6) is 0.928. The van der Waals surface area contributed by atoms with Crippen molar-refractivity contribution in [2.24, 2.45) is 0 Å². The Morgan fingerprint density at radius 3 is 2.75 bits per heavy atom. The first-order chi connectivity index (χ1) is 13.7. The van der Waals surface area contributed by atoms with Gasteiger partial charge in [-0.25, -0.2) is 9.97 Å². The SMILES string of the molecule is COc1ccc(-c2cnc(N)nc2[C@@H]2CCCN2C(=O)c2cccnc2)cc1. The summed E-state index contributed by atoms with van der Waals surface area (Å²) in [6.45, 7) is 0.671. The molecule has 0 bridgehead atoms. The van der Waals surface area contributed by atoms with Gasteiger partial charge in [-0.3, -0.25) is 9.78 Å². The number of nitrogens with two attached hydrogens (primary N) is 1. The highest BCUT2D eigenvalue weighted by Crippen LogP contribution is 2.37. The van der Waals surface area contributed by atoms with Gasteiger partial charge in [-0.15, -0.1) is 0 Å². The number of nitrogen functional groups attached to an aromatic ring is 1. The molecule has 0 radical (unpaired) electrons. The number of hydrogen-bond acceptors (Lipinski definition) is 6. The van der Waals surface area contributed by atoms with E-state index in [4.69, 9.17) is 10.5 Å². The Morgan fingerprint density at radius 2 is 2.04 bits per heavy atom. The van der Waals surface area contributed by atoms with E-state index in [1.807, 2.05) is 29.2 Å². The van der Waals surface area contributed by atoms with Crippen LogP contribution in [0.15, 0.2) is 55.0 Å². The lowest BCUT2D eigenvalue weighted by Crippen LogP contribution is -2.31. The molecule has 2 aromatic heterocycles. The molecule has 1 fully saturated rings. The van der Waals surface area contributed by atoms with Gasteiger partial charge in [0.25, 0.3) is 5.91 Å². The molecule has 2 N–H and O–H groups in total. The maximum Gasteiger partial charge on any atom is 0.255 e. The van der Waals surface area contributed by atoms with Gasteiger partial charge >= 0.3 is 0 Å². The van der Waals surface area contributed by atoms with Crippen molar-refractivity contribution >= 4 is 11.9 Å². The number of aromatic nitrogens is 3. The predicted molar refractivity (Wildman–Crippen MR) is 106 cm³/mol. The first-order valence-electron chi connectivity index (χ1n) is 9.15. The third-order valence-corrected chi connectivity index (χ3v) is 4.98. The lowest BCUT2D eigenvalue weighted by molar-refractivity contribution is 0.0733. The molecular weight excluding hydrogens is 354 g/mol. The number of amides is 1. The summed E-state index contributed by atoms with van der Waals surface area (Å²) in [6.07, 6.45) is 6.71. The average Bonchev–Trinajstić information content (AvgIpc) is 3.23. The summed E-state index contributed by atoms with van der Waals surface area (Å²) in [6, 6.07) is 11.1. The highest BCUT2D eigenvalue weighted by atomic mass is 16.5. The molecule has 3 aromatic rings. The molecule has 7 nitrogen and oxygen atoms in total. The Bertz CT molecular complexity index is 976. The van der Waals surface area contributed by atoms with E-state index >= 15 is 0 Å². The maximum atomic E-state index is 13.0. The first-order valence-corrected chi connectivity index (χ1v) is 9.15. The van der Waals surface area contributed by atoms with Gasteiger partial charge in [0.2, 0.25) is 5.95 Å². The summed E-state index contributed by atoms with van der Waals surface area (Å²) in [4.78, 5) is 27.7. The number of carbonyl (C=O) groups is 1. The second-order valence-corrected chi connectivity index (χ2v) is 6.65. The average molecular weight is 375 g/mol. The third-order valence-electron chi connectivity index (χ3n) is 4.98. The predicted octanol–water partition coefficient (Wildman–Crippen LogP) is 3.11. The van der Waals surface area contributed by atoms with Crippen LogP contribution in [0.3, 0.4) is 0 Å². The van der Waals surface area contributed by atoms with Gasteiger partial charge in [0.05, 0.1) is 24.4 Å². The number of hydrogen-bond donors (Lipinski definition) is 1. The van der Waals surface area contributed by atoms with Gasteiger partial charge in [0.15, 0.2) is 0 Å². The monoisotopic (exact) mass is 375 g/mol. The van der Waals surface area contributed by atoms with Crippen molar-refractivity contribution in [1.82, 2.24) is 19.9 Å². The van der Waals surface area contributed by atoms with Crippen LogP contribution < -0.4 is 10.5 Å². The molecule has 0 saturated carbocycles. The summed E-state index contributed by atoms with van der Waals surface area (Å²) in [7, 11) is 1.63. The normalized spacial score (nSPS) is 16.2. The zero-order valence-electron chi connectivity index (χ0n) is 15.6. The van der Waals surface area contributed by atoms with E-state index in [9.17, 15) is 4.79 Å². The van der Waals surface area contributed by atoms with Crippen LogP contribution in [0, 0.1) is 0 Å². The standard InChI is InChI=1S/C21H21N5O2/c1-28-16-8-6-14(7-9-16)17-13-24-21(22)25-19(17)18-5-3-11-26(18)20(27)15-4-2-10-23-12-15/h2,4,6-10,12-13,18H,3,5,11H2,1H3,(H2,22,24,25)/t18-/m0/s1. The summed E-state index contributed by atoms with van der Waals surface area (Å²) < 4.78 is 5.24. The Balaban J connectivity index is 1.73. The molecule has 1 atom stereocenters. The molecule has 3 heterocycles. The van der Waals surface area contributed by atoms with Crippen LogP contribution in [0.25, 0.3) is 11.1 Å². The molecule has 0 unspecified atom stereocenters. The van der Waals surface area contributed by atoms with Crippen LogP contribution in [0.2, 0.25) is 0 Å². The summed E-state index contributed by atoms with van der Waals surface area (Å²) in [5, 5.41) is 0. The topological polar surface area (TPSA) is 94.2 Å². The van der Waals surface area contributed by atoms with E-state index in [2.05, 4.69) is 15.0 Å². The molecule has 0 aliphatic carbocycles. The Morgan fingerprint density at radius 1 is 1.21 bits per heavy atom. The fourth-order valence-electron chi connectivity index (χ4n) is 3.61. The molecule has 0 spiro atoms. The highest BCUT2D eigenvalue weighted by Gasteiger charge is 2.33. The van der Waals surface area contributed by atoms with Crippen molar-refractivity contribution in [2.45, 2.75) is 18.9 Å². The zero-order valence-corrected chi connectivity index (χ0v) is 15.6. The van der Waals surface area contributed by atoms with Crippen molar-refractivity contribution in [3.05, 3.63) is 66.2 Å². The smallest absolute Gasteiger partial charge is 0.255 e. The number of carbonyl (C=O) groups excluding carboxylic acids is 1. The molecule has 4 rings (SSSR count). The van der Waals surface area contributed by atoms with E-state index < -0.39 is 0 Å². The van der Waals surface area contributed by atoms with Gasteiger partial charge in [-0.1, -0.05) is 12.1 Å². The summed E-state index contributed by atoms with van der Waals surface area (Å²) in [5.41, 5.74) is 9.06. The molecule has 28 heavy (non-hydrogen) atoms. The largest absolute Gasteiger partial charge is 0.497 e. The minimum Gasteiger partial charge on any atom is -0.497 e. The fraction of sp³-hybridized carbons (Fsp3) is 0.238. The number of nitrogens with zero attached hydrogens (tertiary/aromatic N) is 4. The molecule has 1 saturated heterocycles. The van der Waals surface area contributed by atoms with Crippen molar-refractivity contribution < 1.29 is 9.53 Å². The lowest BCUT2D eigenvalue weighted by atomic mass is 9.99. The maximum absolute atomic E-state index is 13.0. The molecule has 1 aromatic carbocycles. The third kappa shape index (κ3) is 3.38. The molecule has 1 aliphatic heterocycles.